The Balaban J connectivity index is 1.33. The number of hydrogen-bond acceptors (Lipinski definition) is 20. The van der Waals surface area contributed by atoms with Crippen molar-refractivity contribution in [2.45, 2.75) is 73.2 Å². The normalized spacial score (nSPS) is 28.5. The van der Waals surface area contributed by atoms with Crippen LogP contribution in [0.5, 0.6) is 23.0 Å². The van der Waals surface area contributed by atoms with Gasteiger partial charge in [-0.3, -0.25) is 9.59 Å². The van der Waals surface area contributed by atoms with Gasteiger partial charge in [0.15, 0.2) is 0 Å². The van der Waals surface area contributed by atoms with Crippen LogP contribution in [0.25, 0.3) is 0 Å². The quantitative estimate of drug-likeness (QED) is 0.0638. The zero-order chi connectivity index (χ0) is 48.5. The fourth-order valence-electron chi connectivity index (χ4n) is 8.92. The number of phenols is 2. The molecule has 23 nitrogen and oxygen atoms in total. The van der Waals surface area contributed by atoms with Gasteiger partial charge in [0.25, 0.3) is 0 Å². The molecule has 23 heteroatoms. The summed E-state index contributed by atoms with van der Waals surface area (Å²) in [5.41, 5.74) is -3.47. The predicted octanol–water partition coefficient (Wildman–Crippen LogP) is -1.46. The van der Waals surface area contributed by atoms with E-state index in [4.69, 9.17) is 24.1 Å². The Morgan fingerprint density at radius 3 is 1.36 bits per heavy atom. The van der Waals surface area contributed by atoms with E-state index in [2.05, 4.69) is 4.74 Å². The van der Waals surface area contributed by atoms with Gasteiger partial charge in [0.1, 0.15) is 78.4 Å². The Morgan fingerprint density at radius 2 is 0.955 bits per heavy atom. The number of aliphatic hydroxyl groups excluding tert-OH is 7. The first-order valence-electron chi connectivity index (χ1n) is 20.0. The van der Waals surface area contributed by atoms with Gasteiger partial charge < -0.3 is 85.0 Å². The van der Waals surface area contributed by atoms with Gasteiger partial charge >= 0.3 is 23.9 Å². The monoisotopic (exact) mass is 934 g/mol. The van der Waals surface area contributed by atoms with Crippen molar-refractivity contribution in [3.63, 3.8) is 0 Å². The molecule has 0 amide bonds. The second-order valence-corrected chi connectivity index (χ2v) is 15.9. The van der Waals surface area contributed by atoms with Gasteiger partial charge in [-0.25, -0.2) is 19.2 Å². The molecule has 0 radical (unpaired) electrons. The summed E-state index contributed by atoms with van der Waals surface area (Å²) < 4.78 is 27.7. The molecule has 2 aliphatic heterocycles. The molecular weight excluding hydrogens is 896 g/mol. The molecule has 4 aromatic rings. The third kappa shape index (κ3) is 7.86. The number of fused-ring (bicyclic) bond motifs is 4. The molecule has 0 bridgehead atoms. The fourth-order valence-corrected chi connectivity index (χ4v) is 8.92. The number of carboxylic acid groups (broad SMARTS) is 3. The molecule has 12 atom stereocenters. The number of carbonyl (C=O) groups excluding carboxylic acids is 3. The van der Waals surface area contributed by atoms with Crippen molar-refractivity contribution in [3.8, 4) is 23.0 Å². The topological polar surface area (TPSA) is 391 Å². The minimum absolute atomic E-state index is 0.0498. The maximum absolute atomic E-state index is 14.8. The second kappa shape index (κ2) is 17.6. The first-order chi connectivity index (χ1) is 31.7. The number of phenolic OH excluding ortho intramolecular Hbond substituents is 2. The van der Waals surface area contributed by atoms with E-state index in [0.29, 0.717) is 0 Å². The van der Waals surface area contributed by atoms with Crippen LogP contribution >= 0.6 is 0 Å². The SMILES string of the molecule is O=C(O)C(=O)OC[C@H]1O[C@@H](Oc2cccc3c2C(=O)c2c(O)cc(C(=O)O)cc2[C@@H]3[C@H]2c3cc(C(=O)O)cc(O)c3C(=O)c3c(O[C@@H]4O[C@H](CO)[C@@H](O)[C@H](O)[C@H]4O)cccc32)[C@H](O)[C@@H](O)[C@@H]1O. The summed E-state index contributed by atoms with van der Waals surface area (Å²) >= 11 is 0. The molecule has 0 unspecified atom stereocenters. The standard InChI is InChI=1S/C44H38O23/c45-11-23-31(48)35(52)37(54)43(66-23)64-21-5-1-3-15-25(17-7-13(39(56)57)9-19(46)27(17)33(50)29(15)21)26-16-4-2-6-22(30(16)34(51)28-18(26)8-14(40(58)59)10-20(28)47)65-44-38(55)36(53)32(49)24(67-44)12-63-42(62)41(60)61/h1-10,23-26,31-32,35-38,43-49,52-55H,11-12H2,(H,56,57)(H,58,59)(H,60,61)/t23-,24-,25-,26-,31-,32-,35+,36+,37-,38-,43-,44-/m1/s1. The summed E-state index contributed by atoms with van der Waals surface area (Å²) in [5, 5.41) is 126. The van der Waals surface area contributed by atoms with Crippen LogP contribution in [0.15, 0.2) is 60.7 Å². The number of aromatic carboxylic acids is 2. The van der Waals surface area contributed by atoms with E-state index in [1.54, 1.807) is 0 Å². The van der Waals surface area contributed by atoms with Crippen LogP contribution in [-0.2, 0) is 23.8 Å². The second-order valence-electron chi connectivity index (χ2n) is 15.9. The van der Waals surface area contributed by atoms with Crippen LogP contribution in [0, 0.1) is 0 Å². The fraction of sp³-hybridized carbons (Fsp3) is 0.318. The number of carboxylic acids is 3. The lowest BCUT2D eigenvalue weighted by molar-refractivity contribution is -0.278. The molecule has 2 aliphatic carbocycles. The number of hydrogen-bond donors (Lipinski definition) is 12. The minimum Gasteiger partial charge on any atom is -0.507 e. The summed E-state index contributed by atoms with van der Waals surface area (Å²) in [6, 6.07) is 11.5. The van der Waals surface area contributed by atoms with E-state index in [9.17, 15) is 84.9 Å². The Hall–Kier alpha value is -7.06. The molecule has 2 fully saturated rings. The number of rotatable bonds is 10. The van der Waals surface area contributed by atoms with Crippen LogP contribution in [-0.4, -0.2) is 171 Å². The average molecular weight is 935 g/mol. The van der Waals surface area contributed by atoms with Crippen LogP contribution in [0.3, 0.4) is 0 Å². The number of ketones is 2. The third-order valence-corrected chi connectivity index (χ3v) is 12.0. The third-order valence-electron chi connectivity index (χ3n) is 12.0. The largest absolute Gasteiger partial charge is 0.507 e. The highest BCUT2D eigenvalue weighted by molar-refractivity contribution is 6.28. The number of esters is 1. The Labute approximate surface area is 374 Å². The first-order valence-corrected chi connectivity index (χ1v) is 20.0. The molecule has 4 aromatic carbocycles. The van der Waals surface area contributed by atoms with Gasteiger partial charge in [-0.1, -0.05) is 24.3 Å². The zero-order valence-corrected chi connectivity index (χ0v) is 34.0. The van der Waals surface area contributed by atoms with Crippen molar-refractivity contribution in [3.05, 3.63) is 116 Å². The first kappa shape index (κ1) is 46.5. The van der Waals surface area contributed by atoms with Gasteiger partial charge in [0.05, 0.1) is 40.0 Å². The number of benzene rings is 4. The number of aliphatic carboxylic acids is 1. The highest BCUT2D eigenvalue weighted by Crippen LogP contribution is 2.56. The number of carbonyl (C=O) groups is 6. The van der Waals surface area contributed by atoms with Gasteiger partial charge in [0.2, 0.25) is 24.1 Å². The lowest BCUT2D eigenvalue weighted by Crippen LogP contribution is -2.60. The summed E-state index contributed by atoms with van der Waals surface area (Å²) in [7, 11) is 0. The maximum atomic E-state index is 14.8. The van der Waals surface area contributed by atoms with Gasteiger partial charge in [0, 0.05) is 11.8 Å². The average Bonchev–Trinajstić information content (AvgIpc) is 3.29. The smallest absolute Gasteiger partial charge is 0.417 e. The number of ether oxygens (including phenoxy) is 5. The van der Waals surface area contributed by atoms with E-state index in [1.165, 1.54) is 36.4 Å². The van der Waals surface area contributed by atoms with Gasteiger partial charge in [-0.15, -0.1) is 0 Å². The van der Waals surface area contributed by atoms with Crippen molar-refractivity contribution in [1.29, 1.82) is 0 Å². The molecule has 2 saturated heterocycles. The van der Waals surface area contributed by atoms with E-state index >= 15 is 0 Å². The van der Waals surface area contributed by atoms with Crippen LogP contribution in [0.4, 0.5) is 0 Å². The molecule has 0 spiro atoms. The van der Waals surface area contributed by atoms with E-state index in [-0.39, 0.29) is 33.6 Å². The molecule has 8 rings (SSSR count). The summed E-state index contributed by atoms with van der Waals surface area (Å²) in [4.78, 5) is 77.2. The van der Waals surface area contributed by atoms with Crippen LogP contribution in [0.2, 0.25) is 0 Å². The highest BCUT2D eigenvalue weighted by atomic mass is 16.7. The van der Waals surface area contributed by atoms with Crippen molar-refractivity contribution >= 4 is 35.4 Å². The maximum Gasteiger partial charge on any atom is 0.417 e. The lowest BCUT2D eigenvalue weighted by Gasteiger charge is -2.41. The molecule has 0 saturated carbocycles. The van der Waals surface area contributed by atoms with Crippen molar-refractivity contribution < 1.29 is 114 Å². The van der Waals surface area contributed by atoms with Gasteiger partial charge in [-0.05, 0) is 58.7 Å². The molecular formula is C44H38O23. The predicted molar refractivity (Wildman–Crippen MR) is 214 cm³/mol. The van der Waals surface area contributed by atoms with Gasteiger partial charge in [-0.2, -0.15) is 0 Å². The van der Waals surface area contributed by atoms with E-state index in [0.717, 1.165) is 24.3 Å². The zero-order valence-electron chi connectivity index (χ0n) is 34.0. The van der Waals surface area contributed by atoms with Crippen molar-refractivity contribution in [2.24, 2.45) is 0 Å². The number of aromatic hydroxyl groups is 2. The van der Waals surface area contributed by atoms with E-state index in [1.807, 2.05) is 0 Å². The number of aliphatic hydroxyl groups is 7. The highest BCUT2D eigenvalue weighted by Gasteiger charge is 2.50. The van der Waals surface area contributed by atoms with Crippen molar-refractivity contribution in [1.82, 2.24) is 0 Å². The summed E-state index contributed by atoms with van der Waals surface area (Å²) in [6.45, 7) is -1.82. The Kier molecular flexibility index (Phi) is 12.2. The Morgan fingerprint density at radius 1 is 0.537 bits per heavy atom. The minimum atomic E-state index is -2.10. The van der Waals surface area contributed by atoms with Crippen molar-refractivity contribution in [2.75, 3.05) is 13.2 Å². The molecule has 2 heterocycles. The summed E-state index contributed by atoms with van der Waals surface area (Å²) in [6.07, 6.45) is -18.9. The van der Waals surface area contributed by atoms with Crippen LogP contribution < -0.4 is 9.47 Å². The molecule has 0 aromatic heterocycles. The lowest BCUT2D eigenvalue weighted by atomic mass is 9.63. The van der Waals surface area contributed by atoms with E-state index < -0.39 is 167 Å². The molecule has 12 N–H and O–H groups in total. The van der Waals surface area contributed by atoms with Crippen LogP contribution in [0.1, 0.15) is 86.6 Å². The molecule has 67 heavy (non-hydrogen) atoms. The molecule has 352 valence electrons. The molecule has 4 aliphatic rings. The Bertz CT molecular complexity index is 2730. The summed E-state index contributed by atoms with van der Waals surface area (Å²) in [5.74, 6) is -14.5.